The molecule has 1 aliphatic rings. The Labute approximate surface area is 121 Å². The molecule has 0 fully saturated rings. The van der Waals surface area contributed by atoms with E-state index in [1.165, 1.54) is 16.7 Å². The number of carbonyl (C=O) groups excluding carboxylic acids is 2. The number of thioether (sulfide) groups is 1. The number of nitrogens with zero attached hydrogens (tertiary/aromatic N) is 1. The lowest BCUT2D eigenvalue weighted by atomic mass is 10.0. The van der Waals surface area contributed by atoms with Gasteiger partial charge >= 0.3 is 0 Å². The van der Waals surface area contributed by atoms with Crippen LogP contribution in [0.2, 0.25) is 0 Å². The summed E-state index contributed by atoms with van der Waals surface area (Å²) in [4.78, 5) is 27.3. The molecular formula is C16H13NO2S. The number of hydrogen-bond acceptors (Lipinski definition) is 3. The molecule has 0 bridgehead atoms. The number of rotatable bonds is 2. The van der Waals surface area contributed by atoms with E-state index in [0.29, 0.717) is 16.8 Å². The van der Waals surface area contributed by atoms with Crippen molar-refractivity contribution < 1.29 is 9.59 Å². The fourth-order valence-corrected chi connectivity index (χ4v) is 3.07. The first-order chi connectivity index (χ1) is 9.65. The number of para-hydroxylation sites is 1. The van der Waals surface area contributed by atoms with Gasteiger partial charge in [-0.15, -0.1) is 11.8 Å². The predicted molar refractivity (Wildman–Crippen MR) is 80.5 cm³/mol. The Balaban J connectivity index is 2.17. The summed E-state index contributed by atoms with van der Waals surface area (Å²) >= 11 is 1.52. The number of fused-ring (bicyclic) bond motifs is 1. The van der Waals surface area contributed by atoms with E-state index in [1.54, 1.807) is 6.07 Å². The molecule has 1 heterocycles. The van der Waals surface area contributed by atoms with E-state index in [2.05, 4.69) is 0 Å². The highest BCUT2D eigenvalue weighted by molar-refractivity contribution is 7.98. The number of aryl methyl sites for hydroxylation is 1. The summed E-state index contributed by atoms with van der Waals surface area (Å²) in [6.07, 6.45) is 1.93. The van der Waals surface area contributed by atoms with E-state index < -0.39 is 0 Å². The summed E-state index contributed by atoms with van der Waals surface area (Å²) in [5.74, 6) is -0.472. The van der Waals surface area contributed by atoms with Crippen molar-refractivity contribution in [3.63, 3.8) is 0 Å². The SMILES string of the molecule is CSc1ccccc1N1C(=O)c2cccc(C)c2C1=O. The zero-order valence-corrected chi connectivity index (χ0v) is 12.0. The number of benzene rings is 2. The first-order valence-corrected chi connectivity index (χ1v) is 7.49. The molecule has 100 valence electrons. The molecule has 0 atom stereocenters. The lowest BCUT2D eigenvalue weighted by Gasteiger charge is -2.17. The molecule has 0 aromatic heterocycles. The molecule has 3 nitrogen and oxygen atoms in total. The number of anilines is 1. The fraction of sp³-hybridized carbons (Fsp3) is 0.125. The van der Waals surface area contributed by atoms with Crippen molar-refractivity contribution in [3.05, 3.63) is 59.2 Å². The molecule has 0 saturated heterocycles. The van der Waals surface area contributed by atoms with Gasteiger partial charge in [-0.05, 0) is 36.9 Å². The summed E-state index contributed by atoms with van der Waals surface area (Å²) in [5.41, 5.74) is 2.51. The summed E-state index contributed by atoms with van der Waals surface area (Å²) in [6.45, 7) is 1.86. The number of amides is 2. The lowest BCUT2D eigenvalue weighted by Crippen LogP contribution is -2.29. The van der Waals surface area contributed by atoms with Gasteiger partial charge in [-0.1, -0.05) is 24.3 Å². The zero-order valence-electron chi connectivity index (χ0n) is 11.2. The van der Waals surface area contributed by atoms with E-state index in [-0.39, 0.29) is 11.8 Å². The van der Waals surface area contributed by atoms with Crippen LogP contribution in [0.3, 0.4) is 0 Å². The monoisotopic (exact) mass is 283 g/mol. The van der Waals surface area contributed by atoms with Gasteiger partial charge in [0.15, 0.2) is 0 Å². The van der Waals surface area contributed by atoms with Crippen LogP contribution in [0.25, 0.3) is 0 Å². The molecule has 0 unspecified atom stereocenters. The van der Waals surface area contributed by atoms with Crippen molar-refractivity contribution in [2.45, 2.75) is 11.8 Å². The van der Waals surface area contributed by atoms with Gasteiger partial charge in [-0.25, -0.2) is 4.90 Å². The largest absolute Gasteiger partial charge is 0.268 e. The minimum Gasteiger partial charge on any atom is -0.268 e. The Kier molecular flexibility index (Phi) is 3.10. The predicted octanol–water partition coefficient (Wildman–Crippen LogP) is 3.52. The van der Waals surface area contributed by atoms with Crippen molar-refractivity contribution in [1.82, 2.24) is 0 Å². The first kappa shape index (κ1) is 12.9. The fourth-order valence-electron chi connectivity index (χ4n) is 2.49. The first-order valence-electron chi connectivity index (χ1n) is 6.26. The third-order valence-corrected chi connectivity index (χ3v) is 4.23. The van der Waals surface area contributed by atoms with Crippen LogP contribution < -0.4 is 4.90 Å². The zero-order chi connectivity index (χ0) is 14.3. The van der Waals surface area contributed by atoms with Gasteiger partial charge < -0.3 is 0 Å². The van der Waals surface area contributed by atoms with E-state index in [9.17, 15) is 9.59 Å². The quantitative estimate of drug-likeness (QED) is 0.625. The minimum atomic E-state index is -0.241. The van der Waals surface area contributed by atoms with Crippen LogP contribution in [0.4, 0.5) is 5.69 Å². The van der Waals surface area contributed by atoms with Crippen LogP contribution in [-0.2, 0) is 0 Å². The molecule has 0 N–H and O–H groups in total. The second kappa shape index (κ2) is 4.80. The standard InChI is InChI=1S/C16H13NO2S/c1-10-6-5-7-11-14(10)16(19)17(15(11)18)12-8-3-4-9-13(12)20-2/h3-9H,1-2H3. The normalized spacial score (nSPS) is 13.8. The van der Waals surface area contributed by atoms with Crippen molar-refractivity contribution >= 4 is 29.3 Å². The van der Waals surface area contributed by atoms with Crippen LogP contribution >= 0.6 is 11.8 Å². The Bertz CT molecular complexity index is 724. The van der Waals surface area contributed by atoms with Gasteiger partial charge in [0, 0.05) is 4.90 Å². The molecule has 0 saturated carbocycles. The van der Waals surface area contributed by atoms with Crippen molar-refractivity contribution in [2.24, 2.45) is 0 Å². The number of carbonyl (C=O) groups is 2. The summed E-state index contributed by atoms with van der Waals surface area (Å²) in [6, 6.07) is 12.8. The van der Waals surface area contributed by atoms with Crippen molar-refractivity contribution in [3.8, 4) is 0 Å². The van der Waals surface area contributed by atoms with Gasteiger partial charge in [0.1, 0.15) is 0 Å². The average Bonchev–Trinajstić information content (AvgIpc) is 2.72. The smallest absolute Gasteiger partial charge is 0.266 e. The molecule has 0 spiro atoms. The molecular weight excluding hydrogens is 270 g/mol. The van der Waals surface area contributed by atoms with Gasteiger partial charge in [0.25, 0.3) is 11.8 Å². The van der Waals surface area contributed by atoms with E-state index in [0.717, 1.165) is 10.5 Å². The molecule has 3 rings (SSSR count). The Morgan fingerprint density at radius 3 is 2.40 bits per heavy atom. The van der Waals surface area contributed by atoms with Crippen LogP contribution in [0, 0.1) is 6.92 Å². The molecule has 1 aliphatic heterocycles. The molecule has 4 heteroatoms. The molecule has 2 aromatic carbocycles. The Morgan fingerprint density at radius 1 is 0.950 bits per heavy atom. The maximum atomic E-state index is 12.6. The van der Waals surface area contributed by atoms with Gasteiger partial charge in [-0.2, -0.15) is 0 Å². The Hall–Kier alpha value is -2.07. The third-order valence-electron chi connectivity index (χ3n) is 3.45. The number of imide groups is 1. The van der Waals surface area contributed by atoms with Gasteiger partial charge in [-0.3, -0.25) is 9.59 Å². The van der Waals surface area contributed by atoms with Crippen LogP contribution in [-0.4, -0.2) is 18.1 Å². The maximum absolute atomic E-state index is 12.6. The van der Waals surface area contributed by atoms with E-state index >= 15 is 0 Å². The van der Waals surface area contributed by atoms with Crippen LogP contribution in [0.1, 0.15) is 26.3 Å². The average molecular weight is 283 g/mol. The minimum absolute atomic E-state index is 0.232. The summed E-state index contributed by atoms with van der Waals surface area (Å²) in [7, 11) is 0. The second-order valence-corrected chi connectivity index (χ2v) is 5.46. The molecule has 20 heavy (non-hydrogen) atoms. The summed E-state index contributed by atoms with van der Waals surface area (Å²) < 4.78 is 0. The van der Waals surface area contributed by atoms with Gasteiger partial charge in [0.2, 0.25) is 0 Å². The van der Waals surface area contributed by atoms with Crippen molar-refractivity contribution in [1.29, 1.82) is 0 Å². The highest BCUT2D eigenvalue weighted by atomic mass is 32.2. The topological polar surface area (TPSA) is 37.4 Å². The maximum Gasteiger partial charge on any atom is 0.266 e. The Morgan fingerprint density at radius 2 is 1.70 bits per heavy atom. The van der Waals surface area contributed by atoms with Crippen LogP contribution in [0.15, 0.2) is 47.4 Å². The van der Waals surface area contributed by atoms with E-state index in [1.807, 2.05) is 49.6 Å². The van der Waals surface area contributed by atoms with E-state index in [4.69, 9.17) is 0 Å². The van der Waals surface area contributed by atoms with Crippen LogP contribution in [0.5, 0.6) is 0 Å². The molecule has 0 radical (unpaired) electrons. The third kappa shape index (κ3) is 1.76. The highest BCUT2D eigenvalue weighted by Gasteiger charge is 2.38. The molecule has 2 aromatic rings. The summed E-state index contributed by atoms with van der Waals surface area (Å²) in [5, 5.41) is 0. The molecule has 0 aliphatic carbocycles. The highest BCUT2D eigenvalue weighted by Crippen LogP contribution is 2.35. The lowest BCUT2D eigenvalue weighted by molar-refractivity contribution is 0.0925. The molecule has 2 amide bonds. The van der Waals surface area contributed by atoms with Crippen molar-refractivity contribution in [2.75, 3.05) is 11.2 Å². The van der Waals surface area contributed by atoms with Gasteiger partial charge in [0.05, 0.1) is 16.8 Å². The number of hydrogen-bond donors (Lipinski definition) is 0. The second-order valence-electron chi connectivity index (χ2n) is 4.62.